The fourth-order valence-electron chi connectivity index (χ4n) is 6.80. The molecule has 0 spiro atoms. The standard InChI is InChI=1S/C24H34F2N8O/c1-12-6-14-9-33(22-32-31-13(2)35-22)10-16(12)18(14)28-21-29-19(27-5)17-20(30-21)34(11-23(17,3)4)15-7-24(25,26)8-15/h12,14-16,18H,6-11H2,1-5H3,(H2,27,28,29,30). The van der Waals surface area contributed by atoms with E-state index in [0.717, 1.165) is 36.7 Å². The van der Waals surface area contributed by atoms with Gasteiger partial charge in [-0.3, -0.25) is 0 Å². The van der Waals surface area contributed by atoms with Crippen molar-refractivity contribution < 1.29 is 13.2 Å². The number of nitrogens with one attached hydrogen (secondary N) is 2. The first-order valence-electron chi connectivity index (χ1n) is 12.6. The number of nitrogens with zero attached hydrogens (tertiary/aromatic N) is 6. The van der Waals surface area contributed by atoms with E-state index in [1.54, 1.807) is 0 Å². The Morgan fingerprint density at radius 3 is 2.51 bits per heavy atom. The number of anilines is 4. The number of fused-ring (bicyclic) bond motifs is 3. The maximum absolute atomic E-state index is 13.7. The fraction of sp³-hybridized carbons (Fsp3) is 0.750. The van der Waals surface area contributed by atoms with Gasteiger partial charge in [-0.05, 0) is 24.2 Å². The largest absolute Gasteiger partial charge is 0.408 e. The van der Waals surface area contributed by atoms with Crippen molar-refractivity contribution in [2.24, 2.45) is 17.8 Å². The highest BCUT2D eigenvalue weighted by molar-refractivity contribution is 5.70. The van der Waals surface area contributed by atoms with Crippen LogP contribution in [0.4, 0.5) is 32.4 Å². The molecule has 190 valence electrons. The van der Waals surface area contributed by atoms with Crippen molar-refractivity contribution in [1.82, 2.24) is 20.2 Å². The SMILES string of the molecule is CNc1nc(NC2C3CC(C)C2CN(c2nnc(C)o2)C3)nc2c1C(C)(C)CN2C1CC(F)(F)C1. The summed E-state index contributed by atoms with van der Waals surface area (Å²) in [7, 11) is 1.86. The lowest BCUT2D eigenvalue weighted by molar-refractivity contribution is -0.0859. The Morgan fingerprint density at radius 2 is 1.89 bits per heavy atom. The molecule has 2 aliphatic carbocycles. The molecule has 0 radical (unpaired) electrons. The summed E-state index contributed by atoms with van der Waals surface area (Å²) in [5.74, 6) is 1.45. The molecule has 4 heterocycles. The van der Waals surface area contributed by atoms with E-state index in [4.69, 9.17) is 14.4 Å². The zero-order valence-electron chi connectivity index (χ0n) is 21.0. The topological polar surface area (TPSA) is 95.2 Å². The molecule has 2 aromatic rings. The molecule has 11 heteroatoms. The molecular formula is C24H34F2N8O. The van der Waals surface area contributed by atoms with Crippen LogP contribution in [0, 0.1) is 24.7 Å². The molecule has 2 N–H and O–H groups in total. The molecule has 6 rings (SSSR count). The van der Waals surface area contributed by atoms with E-state index in [1.807, 2.05) is 14.0 Å². The summed E-state index contributed by atoms with van der Waals surface area (Å²) in [6.07, 6.45) is 0.880. The molecular weight excluding hydrogens is 454 g/mol. The predicted molar refractivity (Wildman–Crippen MR) is 129 cm³/mol. The zero-order valence-corrected chi connectivity index (χ0v) is 21.0. The average molecular weight is 489 g/mol. The quantitative estimate of drug-likeness (QED) is 0.653. The number of aryl methyl sites for hydroxylation is 1. The first-order chi connectivity index (χ1) is 16.5. The van der Waals surface area contributed by atoms with E-state index in [9.17, 15) is 8.78 Å². The van der Waals surface area contributed by atoms with Crippen molar-refractivity contribution in [2.45, 2.75) is 70.4 Å². The Kier molecular flexibility index (Phi) is 4.96. The smallest absolute Gasteiger partial charge is 0.318 e. The van der Waals surface area contributed by atoms with E-state index in [-0.39, 0.29) is 30.3 Å². The Labute approximate surface area is 204 Å². The van der Waals surface area contributed by atoms with Crippen LogP contribution in [-0.2, 0) is 5.41 Å². The third-order valence-corrected chi connectivity index (χ3v) is 8.49. The second-order valence-corrected chi connectivity index (χ2v) is 11.6. The second kappa shape index (κ2) is 7.64. The van der Waals surface area contributed by atoms with Gasteiger partial charge in [0.05, 0.1) is 0 Å². The number of alkyl halides is 2. The number of piperidine rings is 1. The van der Waals surface area contributed by atoms with Crippen molar-refractivity contribution >= 4 is 23.6 Å². The van der Waals surface area contributed by atoms with Crippen LogP contribution in [0.3, 0.4) is 0 Å². The summed E-state index contributed by atoms with van der Waals surface area (Å²) in [6.45, 7) is 10.7. The molecule has 4 unspecified atom stereocenters. The summed E-state index contributed by atoms with van der Waals surface area (Å²) in [4.78, 5) is 14.1. The van der Waals surface area contributed by atoms with Gasteiger partial charge in [0.1, 0.15) is 11.6 Å². The minimum absolute atomic E-state index is 0.112. The van der Waals surface area contributed by atoms with Crippen molar-refractivity contribution in [3.8, 4) is 0 Å². The number of hydrogen-bond acceptors (Lipinski definition) is 9. The summed E-state index contributed by atoms with van der Waals surface area (Å²) in [5, 5.41) is 15.1. The van der Waals surface area contributed by atoms with Crippen molar-refractivity contribution in [1.29, 1.82) is 0 Å². The molecule has 1 saturated heterocycles. The van der Waals surface area contributed by atoms with Gasteiger partial charge < -0.3 is 24.9 Å². The minimum atomic E-state index is -2.57. The fourth-order valence-corrected chi connectivity index (χ4v) is 6.80. The van der Waals surface area contributed by atoms with Crippen LogP contribution in [-0.4, -0.2) is 64.9 Å². The summed E-state index contributed by atoms with van der Waals surface area (Å²) in [5.41, 5.74) is 0.789. The molecule has 9 nitrogen and oxygen atoms in total. The normalized spacial score (nSPS) is 30.8. The minimum Gasteiger partial charge on any atom is -0.408 e. The van der Waals surface area contributed by atoms with Gasteiger partial charge in [0.2, 0.25) is 11.8 Å². The van der Waals surface area contributed by atoms with E-state index in [1.165, 1.54) is 0 Å². The Morgan fingerprint density at radius 1 is 1.11 bits per heavy atom. The maximum atomic E-state index is 13.7. The Hall–Kier alpha value is -2.72. The summed E-state index contributed by atoms with van der Waals surface area (Å²) < 4.78 is 33.1. The van der Waals surface area contributed by atoms with Crippen molar-refractivity contribution in [3.05, 3.63) is 11.5 Å². The van der Waals surface area contributed by atoms with Crippen LogP contribution in [0.1, 0.15) is 51.5 Å². The molecule has 2 bridgehead atoms. The number of rotatable bonds is 5. The van der Waals surface area contributed by atoms with Gasteiger partial charge in [0.25, 0.3) is 5.92 Å². The monoisotopic (exact) mass is 488 g/mol. The molecule has 0 amide bonds. The van der Waals surface area contributed by atoms with Crippen LogP contribution >= 0.6 is 0 Å². The van der Waals surface area contributed by atoms with Crippen LogP contribution in [0.15, 0.2) is 4.42 Å². The zero-order chi connectivity index (χ0) is 24.7. The maximum Gasteiger partial charge on any atom is 0.318 e. The van der Waals surface area contributed by atoms with Gasteiger partial charge in [0, 0.05) is 69.5 Å². The van der Waals surface area contributed by atoms with Gasteiger partial charge in [-0.2, -0.15) is 9.97 Å². The molecule has 35 heavy (non-hydrogen) atoms. The number of hydrogen-bond donors (Lipinski definition) is 2. The first kappa shape index (κ1) is 22.7. The Balaban J connectivity index is 1.28. The van der Waals surface area contributed by atoms with Crippen LogP contribution < -0.4 is 20.4 Å². The van der Waals surface area contributed by atoms with Crippen LogP contribution in [0.25, 0.3) is 0 Å². The molecule has 4 atom stereocenters. The van der Waals surface area contributed by atoms with Crippen LogP contribution in [0.2, 0.25) is 0 Å². The highest BCUT2D eigenvalue weighted by Crippen LogP contribution is 2.50. The lowest BCUT2D eigenvalue weighted by atomic mass is 9.85. The van der Waals surface area contributed by atoms with E-state index < -0.39 is 5.92 Å². The van der Waals surface area contributed by atoms with Crippen LogP contribution in [0.5, 0.6) is 0 Å². The van der Waals surface area contributed by atoms with Gasteiger partial charge in [-0.1, -0.05) is 25.9 Å². The Bertz CT molecular complexity index is 1130. The van der Waals surface area contributed by atoms with E-state index in [2.05, 4.69) is 51.4 Å². The third kappa shape index (κ3) is 3.69. The molecule has 0 aromatic carbocycles. The highest BCUT2D eigenvalue weighted by Gasteiger charge is 2.53. The lowest BCUT2D eigenvalue weighted by Gasteiger charge is -2.42. The first-order valence-corrected chi connectivity index (χ1v) is 12.6. The third-order valence-electron chi connectivity index (χ3n) is 8.49. The molecule has 2 saturated carbocycles. The van der Waals surface area contributed by atoms with E-state index in [0.29, 0.717) is 42.2 Å². The molecule has 2 aliphatic heterocycles. The van der Waals surface area contributed by atoms with Gasteiger partial charge in [-0.25, -0.2) is 8.78 Å². The molecule has 3 fully saturated rings. The number of halogens is 2. The predicted octanol–water partition coefficient (Wildman–Crippen LogP) is 3.68. The van der Waals surface area contributed by atoms with Crippen molar-refractivity contribution in [3.63, 3.8) is 0 Å². The van der Waals surface area contributed by atoms with Gasteiger partial charge in [0.15, 0.2) is 0 Å². The van der Waals surface area contributed by atoms with E-state index >= 15 is 0 Å². The number of aromatic nitrogens is 4. The molecule has 4 aliphatic rings. The van der Waals surface area contributed by atoms with Gasteiger partial charge in [-0.15, -0.1) is 5.10 Å². The molecule has 2 aromatic heterocycles. The average Bonchev–Trinajstić information content (AvgIpc) is 3.37. The second-order valence-electron chi connectivity index (χ2n) is 11.6. The van der Waals surface area contributed by atoms with Crippen molar-refractivity contribution in [2.75, 3.05) is 47.1 Å². The summed E-state index contributed by atoms with van der Waals surface area (Å²) in [6, 6.07) is 0.630. The van der Waals surface area contributed by atoms with Gasteiger partial charge >= 0.3 is 6.01 Å². The lowest BCUT2D eigenvalue weighted by Crippen LogP contribution is -2.51. The summed E-state index contributed by atoms with van der Waals surface area (Å²) >= 11 is 0. The highest BCUT2D eigenvalue weighted by atomic mass is 19.3.